The summed E-state index contributed by atoms with van der Waals surface area (Å²) >= 11 is 2.11. The van der Waals surface area contributed by atoms with Gasteiger partial charge in [0.1, 0.15) is 0 Å². The fraction of sp³-hybridized carbons (Fsp3) is 1.00. The standard InChI is InChI=1S/C13H25NOS/c1-15-8-7-13(5-2-6-13)11-14-12-3-9-16-10-4-12/h12,14H,2-11H2,1H3. The summed E-state index contributed by atoms with van der Waals surface area (Å²) in [7, 11) is 1.82. The van der Waals surface area contributed by atoms with Crippen molar-refractivity contribution in [1.82, 2.24) is 5.32 Å². The minimum atomic E-state index is 0.584. The summed E-state index contributed by atoms with van der Waals surface area (Å²) in [6, 6.07) is 0.793. The molecule has 2 aliphatic rings. The lowest BCUT2D eigenvalue weighted by atomic mass is 9.66. The normalized spacial score (nSPS) is 25.3. The summed E-state index contributed by atoms with van der Waals surface area (Å²) in [5, 5.41) is 3.80. The molecule has 1 aliphatic carbocycles. The molecule has 1 aliphatic heterocycles. The third kappa shape index (κ3) is 3.38. The molecule has 0 aromatic carbocycles. The predicted octanol–water partition coefficient (Wildman–Crippen LogP) is 2.68. The molecular weight excluding hydrogens is 218 g/mol. The van der Waals surface area contributed by atoms with E-state index in [1.807, 2.05) is 7.11 Å². The van der Waals surface area contributed by atoms with Crippen LogP contribution in [-0.2, 0) is 4.74 Å². The number of hydrogen-bond acceptors (Lipinski definition) is 3. The van der Waals surface area contributed by atoms with E-state index in [0.29, 0.717) is 5.41 Å². The zero-order valence-electron chi connectivity index (χ0n) is 10.5. The Kier molecular flexibility index (Phi) is 4.98. The number of ether oxygens (including phenoxy) is 1. The molecule has 2 rings (SSSR count). The van der Waals surface area contributed by atoms with E-state index in [4.69, 9.17) is 4.74 Å². The summed E-state index contributed by atoms with van der Waals surface area (Å²) in [6.45, 7) is 2.16. The number of methoxy groups -OCH3 is 1. The van der Waals surface area contributed by atoms with Gasteiger partial charge in [0.15, 0.2) is 0 Å². The molecule has 2 fully saturated rings. The van der Waals surface area contributed by atoms with Crippen molar-refractivity contribution in [2.75, 3.05) is 31.8 Å². The van der Waals surface area contributed by atoms with Gasteiger partial charge in [0, 0.05) is 26.3 Å². The fourth-order valence-electron chi connectivity index (χ4n) is 2.77. The molecule has 0 amide bonds. The first-order chi connectivity index (χ1) is 7.85. The topological polar surface area (TPSA) is 21.3 Å². The molecule has 94 valence electrons. The third-order valence-electron chi connectivity index (χ3n) is 4.24. The van der Waals surface area contributed by atoms with E-state index >= 15 is 0 Å². The predicted molar refractivity (Wildman–Crippen MR) is 71.1 cm³/mol. The minimum absolute atomic E-state index is 0.584. The molecule has 1 N–H and O–H groups in total. The SMILES string of the molecule is COCCC1(CNC2CCSCC2)CCC1. The van der Waals surface area contributed by atoms with Crippen LogP contribution in [0.25, 0.3) is 0 Å². The van der Waals surface area contributed by atoms with Crippen molar-refractivity contribution in [3.8, 4) is 0 Å². The lowest BCUT2D eigenvalue weighted by molar-refractivity contribution is 0.0660. The lowest BCUT2D eigenvalue weighted by Crippen LogP contribution is -2.45. The number of rotatable bonds is 6. The molecule has 0 atom stereocenters. The molecule has 0 spiro atoms. The largest absolute Gasteiger partial charge is 0.385 e. The highest BCUT2D eigenvalue weighted by atomic mass is 32.2. The maximum atomic E-state index is 5.23. The van der Waals surface area contributed by atoms with E-state index in [0.717, 1.165) is 12.6 Å². The second-order valence-electron chi connectivity index (χ2n) is 5.36. The van der Waals surface area contributed by atoms with Crippen molar-refractivity contribution >= 4 is 11.8 Å². The molecule has 0 unspecified atom stereocenters. The molecular formula is C13H25NOS. The zero-order valence-corrected chi connectivity index (χ0v) is 11.3. The van der Waals surface area contributed by atoms with Gasteiger partial charge < -0.3 is 10.1 Å². The summed E-state index contributed by atoms with van der Waals surface area (Å²) in [5.74, 6) is 2.70. The number of thioether (sulfide) groups is 1. The van der Waals surface area contributed by atoms with Crippen molar-refractivity contribution in [3.63, 3.8) is 0 Å². The summed E-state index contributed by atoms with van der Waals surface area (Å²) in [4.78, 5) is 0. The van der Waals surface area contributed by atoms with E-state index in [1.54, 1.807) is 0 Å². The van der Waals surface area contributed by atoms with Crippen LogP contribution in [0.5, 0.6) is 0 Å². The molecule has 1 heterocycles. The van der Waals surface area contributed by atoms with E-state index < -0.39 is 0 Å². The zero-order chi connectivity index (χ0) is 11.3. The highest BCUT2D eigenvalue weighted by molar-refractivity contribution is 7.99. The fourth-order valence-corrected chi connectivity index (χ4v) is 3.88. The third-order valence-corrected chi connectivity index (χ3v) is 5.29. The average molecular weight is 243 g/mol. The molecule has 1 saturated heterocycles. The van der Waals surface area contributed by atoms with Gasteiger partial charge in [0.05, 0.1) is 0 Å². The van der Waals surface area contributed by atoms with Crippen LogP contribution < -0.4 is 5.32 Å². The van der Waals surface area contributed by atoms with Crippen LogP contribution in [0.1, 0.15) is 38.5 Å². The van der Waals surface area contributed by atoms with Gasteiger partial charge in [-0.05, 0) is 49.0 Å². The highest BCUT2D eigenvalue weighted by Gasteiger charge is 2.36. The van der Waals surface area contributed by atoms with Gasteiger partial charge in [-0.1, -0.05) is 6.42 Å². The number of nitrogens with one attached hydrogen (secondary N) is 1. The Morgan fingerprint density at radius 3 is 2.62 bits per heavy atom. The first-order valence-corrected chi connectivity index (χ1v) is 7.80. The monoisotopic (exact) mass is 243 g/mol. The molecule has 1 saturated carbocycles. The van der Waals surface area contributed by atoms with Crippen LogP contribution in [0.3, 0.4) is 0 Å². The van der Waals surface area contributed by atoms with Gasteiger partial charge >= 0.3 is 0 Å². The lowest BCUT2D eigenvalue weighted by Gasteiger charge is -2.43. The Balaban J connectivity index is 1.69. The second-order valence-corrected chi connectivity index (χ2v) is 6.59. The van der Waals surface area contributed by atoms with Crippen LogP contribution in [0.4, 0.5) is 0 Å². The molecule has 3 heteroatoms. The molecule has 16 heavy (non-hydrogen) atoms. The van der Waals surface area contributed by atoms with Crippen LogP contribution >= 0.6 is 11.8 Å². The summed E-state index contributed by atoms with van der Waals surface area (Å²) in [5.41, 5.74) is 0.584. The number of hydrogen-bond donors (Lipinski definition) is 1. The van der Waals surface area contributed by atoms with Crippen LogP contribution in [0.2, 0.25) is 0 Å². The summed E-state index contributed by atoms with van der Waals surface area (Å²) < 4.78 is 5.23. The quantitative estimate of drug-likeness (QED) is 0.775. The Labute approximate surface area is 104 Å². The van der Waals surface area contributed by atoms with Gasteiger partial charge in [-0.15, -0.1) is 0 Å². The maximum Gasteiger partial charge on any atom is 0.0468 e. The van der Waals surface area contributed by atoms with Crippen LogP contribution in [0, 0.1) is 5.41 Å². The smallest absolute Gasteiger partial charge is 0.0468 e. The highest BCUT2D eigenvalue weighted by Crippen LogP contribution is 2.43. The van der Waals surface area contributed by atoms with Gasteiger partial charge in [0.2, 0.25) is 0 Å². The van der Waals surface area contributed by atoms with Crippen molar-refractivity contribution in [2.24, 2.45) is 5.41 Å². The van der Waals surface area contributed by atoms with Gasteiger partial charge in [-0.3, -0.25) is 0 Å². The molecule has 0 aromatic rings. The van der Waals surface area contributed by atoms with E-state index in [2.05, 4.69) is 17.1 Å². The van der Waals surface area contributed by atoms with E-state index in [1.165, 1.54) is 56.6 Å². The van der Waals surface area contributed by atoms with Gasteiger partial charge in [-0.2, -0.15) is 11.8 Å². The summed E-state index contributed by atoms with van der Waals surface area (Å²) in [6.07, 6.45) is 8.22. The molecule has 2 nitrogen and oxygen atoms in total. The molecule has 0 bridgehead atoms. The van der Waals surface area contributed by atoms with Crippen LogP contribution in [-0.4, -0.2) is 37.8 Å². The van der Waals surface area contributed by atoms with E-state index in [-0.39, 0.29) is 0 Å². The Hall–Kier alpha value is 0.270. The Morgan fingerprint density at radius 1 is 1.31 bits per heavy atom. The Bertz CT molecular complexity index is 200. The van der Waals surface area contributed by atoms with Gasteiger partial charge in [-0.25, -0.2) is 0 Å². The second kappa shape index (κ2) is 6.27. The minimum Gasteiger partial charge on any atom is -0.385 e. The first kappa shape index (κ1) is 12.7. The molecule has 0 radical (unpaired) electrons. The molecule has 0 aromatic heterocycles. The van der Waals surface area contributed by atoms with Crippen molar-refractivity contribution in [2.45, 2.75) is 44.6 Å². The Morgan fingerprint density at radius 2 is 2.06 bits per heavy atom. The van der Waals surface area contributed by atoms with Gasteiger partial charge in [0.25, 0.3) is 0 Å². The van der Waals surface area contributed by atoms with Crippen LogP contribution in [0.15, 0.2) is 0 Å². The van der Waals surface area contributed by atoms with Crippen molar-refractivity contribution in [3.05, 3.63) is 0 Å². The maximum absolute atomic E-state index is 5.23. The van der Waals surface area contributed by atoms with E-state index in [9.17, 15) is 0 Å². The van der Waals surface area contributed by atoms with Crippen molar-refractivity contribution in [1.29, 1.82) is 0 Å². The van der Waals surface area contributed by atoms with Crippen molar-refractivity contribution < 1.29 is 4.74 Å². The average Bonchev–Trinajstić information content (AvgIpc) is 2.29. The first-order valence-electron chi connectivity index (χ1n) is 6.65.